The molecule has 26 heavy (non-hydrogen) atoms. The van der Waals surface area contributed by atoms with Crippen LogP contribution in [-0.2, 0) is 0 Å². The van der Waals surface area contributed by atoms with Gasteiger partial charge in [0.25, 0.3) is 0 Å². The van der Waals surface area contributed by atoms with Gasteiger partial charge in [-0.2, -0.15) is 0 Å². The maximum Gasteiger partial charge on any atom is 0.163 e. The standard InChI is InChI=1S/C21H18N4O/c1-22-21-18-12-15(14-5-8-17(26-2)9-6-14)7-10-19(18)24-20(25-21)16-4-3-11-23-13-16/h3-13H,1-2H3,(H,22,24,25). The third-order valence-electron chi connectivity index (χ3n) is 4.28. The first kappa shape index (κ1) is 16.0. The van der Waals surface area contributed by atoms with Gasteiger partial charge < -0.3 is 10.1 Å². The van der Waals surface area contributed by atoms with Crippen molar-refractivity contribution in [2.24, 2.45) is 0 Å². The number of nitrogens with one attached hydrogen (secondary N) is 1. The molecule has 0 radical (unpaired) electrons. The molecule has 0 unspecified atom stereocenters. The Kier molecular flexibility index (Phi) is 4.19. The lowest BCUT2D eigenvalue weighted by molar-refractivity contribution is 0.415. The summed E-state index contributed by atoms with van der Waals surface area (Å²) in [4.78, 5) is 13.5. The molecule has 0 bridgehead atoms. The van der Waals surface area contributed by atoms with Gasteiger partial charge in [-0.15, -0.1) is 0 Å². The third-order valence-corrected chi connectivity index (χ3v) is 4.28. The highest BCUT2D eigenvalue weighted by molar-refractivity contribution is 5.93. The Balaban J connectivity index is 1.82. The smallest absolute Gasteiger partial charge is 0.163 e. The van der Waals surface area contributed by atoms with E-state index in [9.17, 15) is 0 Å². The van der Waals surface area contributed by atoms with Crippen LogP contribution >= 0.6 is 0 Å². The molecule has 0 saturated carbocycles. The maximum atomic E-state index is 5.23. The van der Waals surface area contributed by atoms with Crippen LogP contribution in [0.2, 0.25) is 0 Å². The number of hydrogen-bond acceptors (Lipinski definition) is 5. The average molecular weight is 342 g/mol. The number of hydrogen-bond donors (Lipinski definition) is 1. The largest absolute Gasteiger partial charge is 0.497 e. The lowest BCUT2D eigenvalue weighted by atomic mass is 10.0. The highest BCUT2D eigenvalue weighted by Crippen LogP contribution is 2.30. The number of ether oxygens (including phenoxy) is 1. The molecule has 0 atom stereocenters. The number of rotatable bonds is 4. The summed E-state index contributed by atoms with van der Waals surface area (Å²) in [7, 11) is 3.54. The second kappa shape index (κ2) is 6.80. The number of nitrogens with zero attached hydrogens (tertiary/aromatic N) is 3. The van der Waals surface area contributed by atoms with E-state index in [1.54, 1.807) is 19.5 Å². The van der Waals surface area contributed by atoms with Crippen LogP contribution in [0.5, 0.6) is 5.75 Å². The predicted octanol–water partition coefficient (Wildman–Crippen LogP) is 4.41. The molecule has 0 saturated heterocycles. The van der Waals surface area contributed by atoms with Gasteiger partial charge in [-0.05, 0) is 47.5 Å². The Bertz CT molecular complexity index is 1050. The van der Waals surface area contributed by atoms with E-state index >= 15 is 0 Å². The molecule has 2 aromatic carbocycles. The Morgan fingerprint density at radius 2 is 1.69 bits per heavy atom. The SMILES string of the molecule is CNc1nc(-c2cccnc2)nc2ccc(-c3ccc(OC)cc3)cc12. The molecule has 0 fully saturated rings. The minimum atomic E-state index is 0.659. The molecular formula is C21H18N4O. The van der Waals surface area contributed by atoms with Gasteiger partial charge in [-0.1, -0.05) is 18.2 Å². The summed E-state index contributed by atoms with van der Waals surface area (Å²) >= 11 is 0. The Morgan fingerprint density at radius 3 is 2.38 bits per heavy atom. The van der Waals surface area contributed by atoms with E-state index in [2.05, 4.69) is 27.4 Å². The van der Waals surface area contributed by atoms with Gasteiger partial charge in [0, 0.05) is 30.4 Å². The zero-order valence-electron chi connectivity index (χ0n) is 14.6. The summed E-state index contributed by atoms with van der Waals surface area (Å²) < 4.78 is 5.23. The Hall–Kier alpha value is -3.47. The molecule has 1 N–H and O–H groups in total. The highest BCUT2D eigenvalue weighted by Gasteiger charge is 2.10. The van der Waals surface area contributed by atoms with Gasteiger partial charge in [0.2, 0.25) is 0 Å². The van der Waals surface area contributed by atoms with Crippen LogP contribution in [0.25, 0.3) is 33.4 Å². The molecule has 0 spiro atoms. The Labute approximate surface area is 151 Å². The zero-order valence-corrected chi connectivity index (χ0v) is 14.6. The van der Waals surface area contributed by atoms with Crippen LogP contribution < -0.4 is 10.1 Å². The van der Waals surface area contributed by atoms with Crippen molar-refractivity contribution in [2.75, 3.05) is 19.5 Å². The molecule has 0 aliphatic heterocycles. The lowest BCUT2D eigenvalue weighted by Crippen LogP contribution is -1.99. The molecule has 5 heteroatoms. The number of pyridine rings is 1. The number of benzene rings is 2. The van der Waals surface area contributed by atoms with Crippen molar-refractivity contribution in [3.8, 4) is 28.3 Å². The van der Waals surface area contributed by atoms with Gasteiger partial charge in [-0.25, -0.2) is 9.97 Å². The fourth-order valence-electron chi connectivity index (χ4n) is 2.91. The summed E-state index contributed by atoms with van der Waals surface area (Å²) in [6.07, 6.45) is 3.51. The summed E-state index contributed by atoms with van der Waals surface area (Å²) in [5, 5.41) is 4.17. The van der Waals surface area contributed by atoms with Crippen LogP contribution in [0.1, 0.15) is 0 Å². The molecule has 5 nitrogen and oxygen atoms in total. The monoisotopic (exact) mass is 342 g/mol. The normalized spacial score (nSPS) is 10.7. The molecule has 2 heterocycles. The van der Waals surface area contributed by atoms with E-state index in [0.29, 0.717) is 5.82 Å². The van der Waals surface area contributed by atoms with E-state index in [1.165, 1.54) is 0 Å². The third kappa shape index (κ3) is 2.95. The van der Waals surface area contributed by atoms with Crippen LogP contribution in [0.3, 0.4) is 0 Å². The molecular weight excluding hydrogens is 324 g/mol. The van der Waals surface area contributed by atoms with E-state index in [-0.39, 0.29) is 0 Å². The van der Waals surface area contributed by atoms with Gasteiger partial charge in [0.1, 0.15) is 11.6 Å². The van der Waals surface area contributed by atoms with Gasteiger partial charge in [0.15, 0.2) is 5.82 Å². The fraction of sp³-hybridized carbons (Fsp3) is 0.0952. The molecule has 0 amide bonds. The molecule has 0 aliphatic rings. The van der Waals surface area contributed by atoms with Crippen LogP contribution in [-0.4, -0.2) is 29.1 Å². The van der Waals surface area contributed by atoms with Crippen molar-refractivity contribution < 1.29 is 4.74 Å². The van der Waals surface area contributed by atoms with Gasteiger partial charge in [-0.3, -0.25) is 4.98 Å². The van der Waals surface area contributed by atoms with Crippen molar-refractivity contribution in [1.82, 2.24) is 15.0 Å². The predicted molar refractivity (Wildman–Crippen MR) is 104 cm³/mol. The zero-order chi connectivity index (χ0) is 17.9. The Morgan fingerprint density at radius 1 is 0.885 bits per heavy atom. The molecule has 0 aliphatic carbocycles. The first-order valence-electron chi connectivity index (χ1n) is 8.33. The highest BCUT2D eigenvalue weighted by atomic mass is 16.5. The number of aromatic nitrogens is 3. The summed E-state index contributed by atoms with van der Waals surface area (Å²) in [6.45, 7) is 0. The van der Waals surface area contributed by atoms with Crippen LogP contribution in [0, 0.1) is 0 Å². The molecule has 4 rings (SSSR count). The molecule has 128 valence electrons. The maximum absolute atomic E-state index is 5.23. The van der Waals surface area contributed by atoms with Crippen molar-refractivity contribution in [3.05, 3.63) is 67.0 Å². The number of methoxy groups -OCH3 is 1. The van der Waals surface area contributed by atoms with Crippen LogP contribution in [0.4, 0.5) is 5.82 Å². The minimum absolute atomic E-state index is 0.659. The van der Waals surface area contributed by atoms with Crippen LogP contribution in [0.15, 0.2) is 67.0 Å². The first-order valence-corrected chi connectivity index (χ1v) is 8.33. The van der Waals surface area contributed by atoms with Gasteiger partial charge >= 0.3 is 0 Å². The topological polar surface area (TPSA) is 59.9 Å². The number of fused-ring (bicyclic) bond motifs is 1. The number of anilines is 1. The lowest BCUT2D eigenvalue weighted by Gasteiger charge is -2.10. The van der Waals surface area contributed by atoms with E-state index in [0.717, 1.165) is 39.2 Å². The fourth-order valence-corrected chi connectivity index (χ4v) is 2.91. The summed E-state index contributed by atoms with van der Waals surface area (Å²) in [5.41, 5.74) is 4.01. The first-order chi connectivity index (χ1) is 12.8. The average Bonchev–Trinajstić information content (AvgIpc) is 2.73. The second-order valence-electron chi connectivity index (χ2n) is 5.85. The van der Waals surface area contributed by atoms with E-state index in [4.69, 9.17) is 9.72 Å². The van der Waals surface area contributed by atoms with Crippen molar-refractivity contribution in [3.63, 3.8) is 0 Å². The molecule has 4 aromatic rings. The van der Waals surface area contributed by atoms with E-state index < -0.39 is 0 Å². The van der Waals surface area contributed by atoms with Gasteiger partial charge in [0.05, 0.1) is 12.6 Å². The van der Waals surface area contributed by atoms with Crippen molar-refractivity contribution >= 4 is 16.7 Å². The summed E-state index contributed by atoms with van der Waals surface area (Å²) in [6, 6.07) is 18.1. The summed E-state index contributed by atoms with van der Waals surface area (Å²) in [5.74, 6) is 2.30. The molecule has 2 aromatic heterocycles. The van der Waals surface area contributed by atoms with Crippen molar-refractivity contribution in [1.29, 1.82) is 0 Å². The van der Waals surface area contributed by atoms with Crippen molar-refractivity contribution in [2.45, 2.75) is 0 Å². The quantitative estimate of drug-likeness (QED) is 0.595. The van der Waals surface area contributed by atoms with E-state index in [1.807, 2.05) is 49.5 Å². The second-order valence-corrected chi connectivity index (χ2v) is 5.85. The minimum Gasteiger partial charge on any atom is -0.497 e.